The molecule has 0 amide bonds. The van der Waals surface area contributed by atoms with Crippen molar-refractivity contribution in [1.82, 2.24) is 74.9 Å². The van der Waals surface area contributed by atoms with Gasteiger partial charge in [0.1, 0.15) is 53.9 Å². The molecular weight excluding hydrogens is 1460 g/mol. The lowest BCUT2D eigenvalue weighted by atomic mass is 10.1. The molecule has 0 bridgehead atoms. The molecule has 582 valence electrons. The number of nitrogens with zero attached hydrogens (tertiary/aromatic N) is 15. The van der Waals surface area contributed by atoms with Crippen LogP contribution in [0.3, 0.4) is 0 Å². The van der Waals surface area contributed by atoms with Crippen LogP contribution in [-0.4, -0.2) is 250 Å². The smallest absolute Gasteiger partial charge is 0.191 e. The van der Waals surface area contributed by atoms with Gasteiger partial charge in [-0.15, -0.1) is 15.3 Å². The number of aliphatic hydroxyl groups is 9. The zero-order valence-corrected chi connectivity index (χ0v) is 59.4. The van der Waals surface area contributed by atoms with E-state index >= 15 is 0 Å². The second-order valence-corrected chi connectivity index (χ2v) is 25.3. The van der Waals surface area contributed by atoms with Gasteiger partial charge in [-0.1, -0.05) is 108 Å². The maximum Gasteiger partial charge on any atom is 0.191 e. The number of ether oxygens (including phenoxy) is 3. The summed E-state index contributed by atoms with van der Waals surface area (Å²) < 4.78 is 398. The maximum absolute atomic E-state index is 14.5. The zero-order valence-electron chi connectivity index (χ0n) is 97.0. The monoisotopic (exact) mass is 1590 g/mol. The first kappa shape index (κ1) is 43.0. The fourth-order valence-corrected chi connectivity index (χ4v) is 11.5. The number of hydrogen-bond donors (Lipinski definition) is 12. The molecule has 6 aromatic heterocycles. The van der Waals surface area contributed by atoms with E-state index in [1.807, 2.05) is 0 Å². The lowest BCUT2D eigenvalue weighted by molar-refractivity contribution is -0.0629. The van der Waals surface area contributed by atoms with Crippen molar-refractivity contribution in [2.24, 2.45) is 0 Å². The van der Waals surface area contributed by atoms with Crippen molar-refractivity contribution in [2.75, 3.05) is 72.6 Å². The van der Waals surface area contributed by atoms with Crippen LogP contribution >= 0.6 is 35.3 Å². The van der Waals surface area contributed by atoms with Gasteiger partial charge in [0.15, 0.2) is 66.4 Å². The Balaban J connectivity index is 0.000000185. The van der Waals surface area contributed by atoms with Gasteiger partial charge in [0.2, 0.25) is 0 Å². The summed E-state index contributed by atoms with van der Waals surface area (Å²) in [6.45, 7) is -2.71. The SMILES string of the molecule is [2H]C([2H])(CC)Sc1nc(N[C@]2([2H])C([2H])([2H])[C@@]2([2H])c2ccc(C)c(F)c2)c2nnn([C@]3([2H])C([2H])([2H])[C@]([2H])(OCCO)[C@@]([2H])(O)[C@@]3([2H])O)c2n1.[2H]C([2H])(CO)O[C@@]1([2H])C([2H])([2H])[C@@]([2H])(n2nnc3c(N[C@]4([2H])C([2H])([2H])[C@@]4([2H])c4ccc(C)c(F)c4)nc(SC([2H])([2H])CC)nc32)[C@]([2H])(O)[C@]1([2H])O.[2H]C([2H])(O)CO[C@@]1([2H])C([2H])([2H])[C@@]([2H])(n2nnc3c(N[C@]4([2H])C([2H])([2H])[C@@]4([2H])c4ccc(C)c(F)c4)nc(SC([2H])([2H])CC)nc32)[C@]([2H])(O)[C@]1([2H])O. The first-order valence-electron chi connectivity index (χ1n) is 52.1. The molecule has 12 N–H and O–H groups in total. The third-order valence-corrected chi connectivity index (χ3v) is 17.8. The lowest BCUT2D eigenvalue weighted by Crippen LogP contribution is -2.33. The highest BCUT2D eigenvalue weighted by molar-refractivity contribution is 7.99. The average Bonchev–Trinajstić information content (AvgIpc) is 1.47. The van der Waals surface area contributed by atoms with Crippen molar-refractivity contribution in [3.63, 3.8) is 0 Å². The van der Waals surface area contributed by atoms with Crippen LogP contribution in [0.25, 0.3) is 33.5 Å². The number of aliphatic hydroxyl groups excluding tert-OH is 2. The molecule has 108 heavy (non-hydrogen) atoms. The fraction of sp³-hybridized carbons (Fsp3) is 0.583. The summed E-state index contributed by atoms with van der Waals surface area (Å²) in [6.07, 6.45) is -56.6. The molecule has 15 rings (SSSR count). The average molecular weight is 1600 g/mol. The number of hydrogen-bond acceptors (Lipinski definition) is 30. The molecule has 9 aromatic rings. The van der Waals surface area contributed by atoms with Crippen LogP contribution in [0.2, 0.25) is 0 Å². The van der Waals surface area contributed by atoms with Gasteiger partial charge in [0, 0.05) is 101 Å². The summed E-state index contributed by atoms with van der Waals surface area (Å²) in [7, 11) is 0. The third-order valence-electron chi connectivity index (χ3n) is 15.4. The Bertz CT molecular complexity index is 6770. The van der Waals surface area contributed by atoms with Crippen molar-refractivity contribution >= 4 is 86.2 Å². The number of nitrogens with one attached hydrogen (secondary N) is 3. The maximum atomic E-state index is 14.5. The van der Waals surface area contributed by atoms with Crippen molar-refractivity contribution in [2.45, 2.75) is 223 Å². The molecule has 6 heterocycles. The van der Waals surface area contributed by atoms with Crippen molar-refractivity contribution in [1.29, 1.82) is 0 Å². The van der Waals surface area contributed by atoms with Crippen LogP contribution in [-0.2, 0) is 14.2 Å². The predicted octanol–water partition coefficient (Wildman–Crippen LogP) is 6.55. The molecule has 6 saturated carbocycles. The topological polar surface area (TPSA) is 415 Å². The van der Waals surface area contributed by atoms with Crippen molar-refractivity contribution in [3.05, 3.63) is 105 Å². The molecule has 0 unspecified atom stereocenters. The molecule has 6 fully saturated rings. The molecule has 18 atom stereocenters. The normalized spacial score (nSPS) is 48.8. The molecule has 0 spiro atoms. The Morgan fingerprint density at radius 1 is 0.463 bits per heavy atom. The van der Waals surface area contributed by atoms with E-state index in [-0.39, 0.29) is 66.7 Å². The molecule has 6 aliphatic rings. The van der Waals surface area contributed by atoms with Gasteiger partial charge in [0.05, 0.1) is 102 Å². The van der Waals surface area contributed by atoms with Crippen LogP contribution in [0.4, 0.5) is 30.6 Å². The Kier molecular flexibility index (Phi) is 14.0. The van der Waals surface area contributed by atoms with Gasteiger partial charge < -0.3 is 76.1 Å². The number of rotatable bonds is 30. The van der Waals surface area contributed by atoms with Crippen LogP contribution in [0.15, 0.2) is 70.1 Å². The number of anilines is 3. The number of thioether (sulfide) groups is 3. The molecule has 3 aromatic carbocycles. The highest BCUT2D eigenvalue weighted by atomic mass is 32.2. The molecular formula is C72H93F3N18O12S3. The minimum atomic E-state index is -4.22. The Hall–Kier alpha value is -7.14. The van der Waals surface area contributed by atoms with Gasteiger partial charge in [-0.2, -0.15) is 0 Å². The van der Waals surface area contributed by atoms with Crippen molar-refractivity contribution in [3.8, 4) is 0 Å². The first-order valence-corrected chi connectivity index (χ1v) is 34.6. The van der Waals surface area contributed by atoms with E-state index in [1.165, 1.54) is 77.9 Å². The van der Waals surface area contributed by atoms with Gasteiger partial charge in [-0.25, -0.2) is 57.1 Å². The van der Waals surface area contributed by atoms with Gasteiger partial charge in [-0.05, 0) is 111 Å². The van der Waals surface area contributed by atoms with Crippen LogP contribution in [0, 0.1) is 38.2 Å². The second kappa shape index (κ2) is 35.1. The van der Waals surface area contributed by atoms with Crippen LogP contribution in [0.1, 0.15) is 202 Å². The number of aromatic nitrogens is 15. The number of fused-ring (bicyclic) bond motifs is 3. The van der Waals surface area contributed by atoms with E-state index in [0.717, 1.165) is 18.2 Å². The summed E-state index contributed by atoms with van der Waals surface area (Å²) in [5.74, 6) is -11.7. The molecule has 36 heteroatoms. The molecule has 0 saturated heterocycles. The molecule has 6 aliphatic carbocycles. The standard InChI is InChI=1S/3C24H31FN6O4S/c3*1-3-8-36-24-27-22(26-16-10-14(16)13-5-4-12(2)15(25)9-13)19-23(28-24)31(30-29-19)17-11-18(35-7-6-32)21(34)20(17)33/h3*4-5,9,14,16-18,20-21,32-34H,3,6-8,10-11H2,1-2H3,(H,26,27,28)/t3*14-,16+,17+,18-,20-,21+/m000/s1/i7D2,8D2,10D2,11D2,14D,16D,17D,18D,20D,21D;6D2,8D2,10D2,11D2,14D,16D,17D,18D,20D,21D;8D2,10D2,11D2,14D,16D,17D,18D,20D,21D. The second-order valence-electron chi connectivity index (χ2n) is 22.7. The summed E-state index contributed by atoms with van der Waals surface area (Å²) in [5, 5.41) is 123. The minimum absolute atomic E-state index is 0.0445. The van der Waals surface area contributed by atoms with E-state index in [9.17, 15) is 59.1 Å². The quantitative estimate of drug-likeness (QED) is 0.0168. The van der Waals surface area contributed by atoms with Gasteiger partial charge in [-0.3, -0.25) is 0 Å². The predicted molar refractivity (Wildman–Crippen MR) is 398 cm³/mol. The van der Waals surface area contributed by atoms with E-state index in [2.05, 4.69) is 81.5 Å². The van der Waals surface area contributed by atoms with Crippen LogP contribution in [0.5, 0.6) is 0 Å². The number of benzene rings is 3. The van der Waals surface area contributed by atoms with E-state index < -0.39 is 287 Å². The van der Waals surface area contributed by atoms with Gasteiger partial charge >= 0.3 is 0 Å². The Labute approximate surface area is 689 Å². The fourth-order valence-electron chi connectivity index (χ4n) is 9.89. The van der Waals surface area contributed by atoms with Crippen molar-refractivity contribution < 1.29 is 128 Å². The summed E-state index contributed by atoms with van der Waals surface area (Å²) in [6, 6.07) is -9.10. The Morgan fingerprint density at radius 2 is 0.787 bits per heavy atom. The number of aryl methyl sites for hydroxylation is 3. The van der Waals surface area contributed by atoms with E-state index in [4.69, 9.17) is 64.3 Å². The van der Waals surface area contributed by atoms with E-state index in [1.54, 1.807) is 0 Å². The largest absolute Gasteiger partial charge is 0.394 e. The molecule has 30 nitrogen and oxygen atoms in total. The van der Waals surface area contributed by atoms with Gasteiger partial charge in [0.25, 0.3) is 0 Å². The number of halogens is 3. The summed E-state index contributed by atoms with van der Waals surface area (Å²) in [5.41, 5.74) is -10.7. The summed E-state index contributed by atoms with van der Waals surface area (Å²) >= 11 is 1.09. The molecule has 0 radical (unpaired) electrons. The zero-order chi connectivity index (χ0) is 113. The summed E-state index contributed by atoms with van der Waals surface area (Å²) in [4.78, 5) is 24.6. The van der Waals surface area contributed by atoms with E-state index in [0.29, 0.717) is 35.3 Å². The van der Waals surface area contributed by atoms with Crippen LogP contribution < -0.4 is 16.0 Å². The lowest BCUT2D eigenvalue weighted by Gasteiger charge is -2.17. The Morgan fingerprint density at radius 3 is 1.08 bits per heavy atom. The minimum Gasteiger partial charge on any atom is -0.394 e. The third kappa shape index (κ3) is 17.5. The first-order chi connectivity index (χ1) is 66.7. The highest BCUT2D eigenvalue weighted by Gasteiger charge is 2.49. The highest BCUT2D eigenvalue weighted by Crippen LogP contribution is 2.48. The molecule has 0 aliphatic heterocycles.